The Bertz CT molecular complexity index is 1470. The first-order chi connectivity index (χ1) is 16.3. The average molecular weight is 479 g/mol. The maximum absolute atomic E-state index is 13.7. The van der Waals surface area contributed by atoms with E-state index in [-0.39, 0.29) is 12.2 Å². The standard InChI is InChI=1S/C25H20ClFN4O3/c1-16(18-8-3-2-4-9-18)28-23(32)22-24(33)30(15-17-7-5-11-20(27)13-17)25(34)31(29-22)21-12-6-10-19(26)14-21/h2-14,16H,15H2,1H3,(H,28,32). The molecule has 0 saturated heterocycles. The fraction of sp³-hybridized carbons (Fsp3) is 0.120. The van der Waals surface area contributed by atoms with Crippen LogP contribution < -0.4 is 16.6 Å². The summed E-state index contributed by atoms with van der Waals surface area (Å²) in [6.07, 6.45) is 0. The van der Waals surface area contributed by atoms with Gasteiger partial charge in [-0.2, -0.15) is 9.78 Å². The third-order valence-electron chi connectivity index (χ3n) is 5.20. The Morgan fingerprint density at radius 2 is 1.76 bits per heavy atom. The Morgan fingerprint density at radius 1 is 1.03 bits per heavy atom. The molecule has 172 valence electrons. The third-order valence-corrected chi connectivity index (χ3v) is 5.44. The van der Waals surface area contributed by atoms with E-state index in [1.807, 2.05) is 30.3 Å². The molecular formula is C25H20ClFN4O3. The molecule has 4 aromatic rings. The minimum atomic E-state index is -0.884. The molecule has 0 fully saturated rings. The highest BCUT2D eigenvalue weighted by molar-refractivity contribution is 6.30. The summed E-state index contributed by atoms with van der Waals surface area (Å²) in [5.41, 5.74) is -0.657. The Balaban J connectivity index is 1.82. The average Bonchev–Trinajstić information content (AvgIpc) is 2.82. The summed E-state index contributed by atoms with van der Waals surface area (Å²) in [6, 6.07) is 20.6. The summed E-state index contributed by atoms with van der Waals surface area (Å²) >= 11 is 6.07. The van der Waals surface area contributed by atoms with Crippen molar-refractivity contribution >= 4 is 17.5 Å². The lowest BCUT2D eigenvalue weighted by molar-refractivity contribution is 0.0930. The summed E-state index contributed by atoms with van der Waals surface area (Å²) in [5, 5.41) is 7.17. The Labute approximate surface area is 199 Å². The molecule has 1 N–H and O–H groups in total. The number of rotatable bonds is 6. The normalized spacial score (nSPS) is 11.7. The molecule has 1 unspecified atom stereocenters. The van der Waals surface area contributed by atoms with E-state index in [2.05, 4.69) is 10.4 Å². The number of carbonyl (C=O) groups is 1. The van der Waals surface area contributed by atoms with Crippen molar-refractivity contribution in [3.05, 3.63) is 127 Å². The van der Waals surface area contributed by atoms with Crippen LogP contribution in [0.25, 0.3) is 5.69 Å². The number of hydrogen-bond donors (Lipinski definition) is 1. The van der Waals surface area contributed by atoms with E-state index in [1.54, 1.807) is 31.2 Å². The van der Waals surface area contributed by atoms with Crippen LogP contribution in [0.5, 0.6) is 0 Å². The van der Waals surface area contributed by atoms with Crippen LogP contribution in [0.1, 0.15) is 34.6 Å². The van der Waals surface area contributed by atoms with Gasteiger partial charge in [0.25, 0.3) is 11.5 Å². The third kappa shape index (κ3) is 4.97. The highest BCUT2D eigenvalue weighted by Gasteiger charge is 2.22. The SMILES string of the molecule is CC(NC(=O)c1nn(-c2cccc(Cl)c2)c(=O)n(Cc2cccc(F)c2)c1=O)c1ccccc1. The molecule has 1 aromatic heterocycles. The molecule has 0 saturated carbocycles. The van der Waals surface area contributed by atoms with E-state index in [0.29, 0.717) is 10.6 Å². The zero-order valence-corrected chi connectivity index (χ0v) is 18.9. The van der Waals surface area contributed by atoms with Crippen molar-refractivity contribution in [3.8, 4) is 5.69 Å². The smallest absolute Gasteiger partial charge is 0.344 e. The van der Waals surface area contributed by atoms with E-state index < -0.39 is 34.7 Å². The van der Waals surface area contributed by atoms with Gasteiger partial charge in [-0.3, -0.25) is 14.2 Å². The largest absolute Gasteiger partial charge is 0.352 e. The monoisotopic (exact) mass is 478 g/mol. The molecule has 0 aliphatic rings. The molecule has 9 heteroatoms. The van der Waals surface area contributed by atoms with Crippen molar-refractivity contribution in [1.82, 2.24) is 19.7 Å². The Morgan fingerprint density at radius 3 is 2.47 bits per heavy atom. The number of benzene rings is 3. The molecule has 0 bridgehead atoms. The van der Waals surface area contributed by atoms with Crippen molar-refractivity contribution in [1.29, 1.82) is 0 Å². The van der Waals surface area contributed by atoms with Crippen LogP contribution in [0.3, 0.4) is 0 Å². The van der Waals surface area contributed by atoms with E-state index in [0.717, 1.165) is 14.8 Å². The van der Waals surface area contributed by atoms with Crippen molar-refractivity contribution in [3.63, 3.8) is 0 Å². The number of aromatic nitrogens is 3. The molecule has 1 amide bonds. The second-order valence-electron chi connectivity index (χ2n) is 7.65. The molecule has 0 radical (unpaired) electrons. The van der Waals surface area contributed by atoms with Crippen molar-refractivity contribution in [2.24, 2.45) is 0 Å². The zero-order valence-electron chi connectivity index (χ0n) is 18.1. The maximum atomic E-state index is 13.7. The van der Waals surface area contributed by atoms with Crippen molar-refractivity contribution in [2.45, 2.75) is 19.5 Å². The number of hydrogen-bond acceptors (Lipinski definition) is 4. The highest BCUT2D eigenvalue weighted by atomic mass is 35.5. The van der Waals surface area contributed by atoms with Crippen molar-refractivity contribution in [2.75, 3.05) is 0 Å². The molecule has 3 aromatic carbocycles. The topological polar surface area (TPSA) is 86.0 Å². The minimum absolute atomic E-state index is 0.243. The molecule has 1 heterocycles. The van der Waals surface area contributed by atoms with Gasteiger partial charge >= 0.3 is 5.69 Å². The number of amides is 1. The molecule has 0 spiro atoms. The Hall–Kier alpha value is -4.04. The van der Waals surface area contributed by atoms with E-state index in [1.165, 1.54) is 24.3 Å². The number of carbonyl (C=O) groups excluding carboxylic acids is 1. The predicted octanol–water partition coefficient (Wildman–Crippen LogP) is 3.73. The second-order valence-corrected chi connectivity index (χ2v) is 8.09. The van der Waals surface area contributed by atoms with Gasteiger partial charge in [0, 0.05) is 5.02 Å². The van der Waals surface area contributed by atoms with Crippen LogP contribution in [-0.4, -0.2) is 20.3 Å². The van der Waals surface area contributed by atoms with Gasteiger partial charge in [-0.05, 0) is 48.4 Å². The fourth-order valence-electron chi connectivity index (χ4n) is 3.48. The Kier molecular flexibility index (Phi) is 6.70. The van der Waals surface area contributed by atoms with Gasteiger partial charge < -0.3 is 5.32 Å². The van der Waals surface area contributed by atoms with Crippen LogP contribution in [0.4, 0.5) is 4.39 Å². The van der Waals surface area contributed by atoms with Gasteiger partial charge in [0.2, 0.25) is 5.69 Å². The van der Waals surface area contributed by atoms with Crippen LogP contribution in [0, 0.1) is 5.82 Å². The lowest BCUT2D eigenvalue weighted by Gasteiger charge is -2.16. The maximum Gasteiger partial charge on any atom is 0.352 e. The summed E-state index contributed by atoms with van der Waals surface area (Å²) < 4.78 is 15.5. The quantitative estimate of drug-likeness (QED) is 0.457. The molecule has 0 aliphatic heterocycles. The summed E-state index contributed by atoms with van der Waals surface area (Å²) in [4.78, 5) is 39.5. The van der Waals surface area contributed by atoms with Crippen LogP contribution in [-0.2, 0) is 6.54 Å². The molecule has 0 aliphatic carbocycles. The van der Waals surface area contributed by atoms with Crippen LogP contribution >= 0.6 is 11.6 Å². The molecule has 1 atom stereocenters. The summed E-state index contributed by atoms with van der Waals surface area (Å²) in [6.45, 7) is 1.53. The minimum Gasteiger partial charge on any atom is -0.344 e. The van der Waals surface area contributed by atoms with E-state index in [9.17, 15) is 18.8 Å². The molecule has 4 rings (SSSR count). The van der Waals surface area contributed by atoms with Gasteiger partial charge in [0.05, 0.1) is 18.3 Å². The van der Waals surface area contributed by atoms with Crippen LogP contribution in [0.2, 0.25) is 5.02 Å². The zero-order chi connectivity index (χ0) is 24.2. The first-order valence-corrected chi connectivity index (χ1v) is 10.8. The second kappa shape index (κ2) is 9.84. The van der Waals surface area contributed by atoms with Gasteiger partial charge in [0.15, 0.2) is 0 Å². The number of halogens is 2. The van der Waals surface area contributed by atoms with Crippen molar-refractivity contribution < 1.29 is 9.18 Å². The highest BCUT2D eigenvalue weighted by Crippen LogP contribution is 2.14. The van der Waals surface area contributed by atoms with E-state index >= 15 is 0 Å². The lowest BCUT2D eigenvalue weighted by Crippen LogP contribution is -2.46. The number of nitrogens with zero attached hydrogens (tertiary/aromatic N) is 3. The lowest BCUT2D eigenvalue weighted by atomic mass is 10.1. The number of nitrogens with one attached hydrogen (secondary N) is 1. The van der Waals surface area contributed by atoms with Gasteiger partial charge in [-0.25, -0.2) is 9.18 Å². The molecule has 34 heavy (non-hydrogen) atoms. The van der Waals surface area contributed by atoms with Crippen LogP contribution in [0.15, 0.2) is 88.5 Å². The van der Waals surface area contributed by atoms with Gasteiger partial charge in [-0.15, -0.1) is 0 Å². The molecule has 7 nitrogen and oxygen atoms in total. The first-order valence-electron chi connectivity index (χ1n) is 10.4. The predicted molar refractivity (Wildman–Crippen MR) is 127 cm³/mol. The molecular weight excluding hydrogens is 459 g/mol. The van der Waals surface area contributed by atoms with Gasteiger partial charge in [-0.1, -0.05) is 60.1 Å². The first kappa shape index (κ1) is 23.1. The van der Waals surface area contributed by atoms with Gasteiger partial charge in [0.1, 0.15) is 5.82 Å². The van der Waals surface area contributed by atoms with E-state index in [4.69, 9.17) is 11.6 Å². The summed E-state index contributed by atoms with van der Waals surface area (Å²) in [5.74, 6) is -1.26. The fourth-order valence-corrected chi connectivity index (χ4v) is 3.67. The summed E-state index contributed by atoms with van der Waals surface area (Å²) in [7, 11) is 0.